The van der Waals surface area contributed by atoms with E-state index in [1.807, 2.05) is 11.5 Å². The number of benzene rings is 2. The Balaban J connectivity index is 1.40. The van der Waals surface area contributed by atoms with Crippen LogP contribution in [-0.2, 0) is 11.4 Å². The van der Waals surface area contributed by atoms with Gasteiger partial charge in [-0.05, 0) is 101 Å². The van der Waals surface area contributed by atoms with Gasteiger partial charge in [0.05, 0.1) is 29.7 Å². The van der Waals surface area contributed by atoms with Crippen molar-refractivity contribution in [1.82, 2.24) is 19.9 Å². The number of likely N-dealkylation sites (tertiary alicyclic amines) is 1. The molecule has 2 fully saturated rings. The molecular formula is C27H33ClFN5O2. The van der Waals surface area contributed by atoms with E-state index in [0.717, 1.165) is 37.8 Å². The minimum Gasteiger partial charge on any atom is -0.352 e. The number of fused-ring (bicyclic) bond motifs is 1. The van der Waals surface area contributed by atoms with Gasteiger partial charge in [-0.2, -0.15) is 0 Å². The number of hydroxylamine groups is 1. The van der Waals surface area contributed by atoms with E-state index in [9.17, 15) is 4.79 Å². The van der Waals surface area contributed by atoms with Gasteiger partial charge in [0.25, 0.3) is 5.91 Å². The molecule has 1 aliphatic heterocycles. The summed E-state index contributed by atoms with van der Waals surface area (Å²) in [7, 11) is 0. The fourth-order valence-electron chi connectivity index (χ4n) is 4.73. The second-order valence-corrected chi connectivity index (χ2v) is 10.4. The number of nitrogens with zero attached hydrogens (tertiary/aromatic N) is 3. The third kappa shape index (κ3) is 5.82. The van der Waals surface area contributed by atoms with Crippen molar-refractivity contribution in [3.63, 3.8) is 0 Å². The third-order valence-corrected chi connectivity index (χ3v) is 7.29. The molecule has 1 amide bonds. The number of amides is 1. The minimum atomic E-state index is -0.565. The van der Waals surface area contributed by atoms with Crippen molar-refractivity contribution in [2.24, 2.45) is 5.92 Å². The normalized spacial score (nSPS) is 16.1. The standard InChI is InChI=1S/C27H33ClFN5O2/c1-18-14-20(28)8-9-22(18)31-25-21(27(35)32-36-16-19-6-7-19)15-23-26(24(25)29)30-17-34(23)13-5-4-12-33-10-2-3-11-33/h8-9,14-15,17,19,31H,2-7,10-13,16H2,1H3,(H,32,35). The van der Waals surface area contributed by atoms with Crippen molar-refractivity contribution in [3.8, 4) is 0 Å². The summed E-state index contributed by atoms with van der Waals surface area (Å²) < 4.78 is 17.8. The summed E-state index contributed by atoms with van der Waals surface area (Å²) in [5.41, 5.74) is 5.07. The average Bonchev–Trinajstić information content (AvgIpc) is 3.35. The van der Waals surface area contributed by atoms with Crippen LogP contribution >= 0.6 is 11.6 Å². The highest BCUT2D eigenvalue weighted by Crippen LogP contribution is 2.33. The van der Waals surface area contributed by atoms with Gasteiger partial charge in [0.1, 0.15) is 5.52 Å². The summed E-state index contributed by atoms with van der Waals surface area (Å²) in [5, 5.41) is 3.70. The zero-order valence-corrected chi connectivity index (χ0v) is 21.4. The highest BCUT2D eigenvalue weighted by Gasteiger charge is 2.25. The molecule has 1 saturated heterocycles. The average molecular weight is 514 g/mol. The first-order valence-corrected chi connectivity index (χ1v) is 13.2. The molecule has 36 heavy (non-hydrogen) atoms. The van der Waals surface area contributed by atoms with Gasteiger partial charge in [-0.25, -0.2) is 14.9 Å². The van der Waals surface area contributed by atoms with Crippen LogP contribution in [0.2, 0.25) is 5.02 Å². The van der Waals surface area contributed by atoms with Crippen molar-refractivity contribution in [2.45, 2.75) is 52.0 Å². The smallest absolute Gasteiger partial charge is 0.277 e. The maximum absolute atomic E-state index is 15.9. The van der Waals surface area contributed by atoms with E-state index in [1.54, 1.807) is 30.6 Å². The van der Waals surface area contributed by atoms with Crippen molar-refractivity contribution >= 4 is 39.9 Å². The number of aromatic nitrogens is 2. The summed E-state index contributed by atoms with van der Waals surface area (Å²) in [6.07, 6.45) is 8.47. The molecule has 2 heterocycles. The van der Waals surface area contributed by atoms with Crippen LogP contribution in [0.15, 0.2) is 30.6 Å². The number of aryl methyl sites for hydroxylation is 2. The molecule has 0 unspecified atom stereocenters. The van der Waals surface area contributed by atoms with Gasteiger partial charge in [0.2, 0.25) is 0 Å². The number of unbranched alkanes of at least 4 members (excludes halogenated alkanes) is 1. The first kappa shape index (κ1) is 25.0. The predicted octanol–water partition coefficient (Wildman–Crippen LogP) is 5.83. The zero-order chi connectivity index (χ0) is 25.1. The van der Waals surface area contributed by atoms with Gasteiger partial charge in [-0.15, -0.1) is 0 Å². The van der Waals surface area contributed by atoms with E-state index in [4.69, 9.17) is 16.4 Å². The molecular weight excluding hydrogens is 481 g/mol. The lowest BCUT2D eigenvalue weighted by Gasteiger charge is -2.16. The molecule has 2 aromatic carbocycles. The Morgan fingerprint density at radius 1 is 1.19 bits per heavy atom. The maximum Gasteiger partial charge on any atom is 0.277 e. The van der Waals surface area contributed by atoms with Crippen molar-refractivity contribution in [2.75, 3.05) is 31.6 Å². The summed E-state index contributed by atoms with van der Waals surface area (Å²) >= 11 is 6.09. The van der Waals surface area contributed by atoms with Gasteiger partial charge in [0, 0.05) is 17.3 Å². The van der Waals surface area contributed by atoms with Gasteiger partial charge in [-0.1, -0.05) is 11.6 Å². The fraction of sp³-hybridized carbons (Fsp3) is 0.481. The monoisotopic (exact) mass is 513 g/mol. The molecule has 2 N–H and O–H groups in total. The number of hydrogen-bond acceptors (Lipinski definition) is 5. The molecule has 1 aromatic heterocycles. The topological polar surface area (TPSA) is 71.4 Å². The molecule has 0 spiro atoms. The minimum absolute atomic E-state index is 0.0692. The quantitative estimate of drug-likeness (QED) is 0.249. The van der Waals surface area contributed by atoms with Crippen LogP contribution in [0, 0.1) is 18.7 Å². The number of imidazole rings is 1. The highest BCUT2D eigenvalue weighted by molar-refractivity contribution is 6.30. The number of hydrogen-bond donors (Lipinski definition) is 2. The molecule has 192 valence electrons. The van der Waals surface area contributed by atoms with Gasteiger partial charge in [-0.3, -0.25) is 9.63 Å². The summed E-state index contributed by atoms with van der Waals surface area (Å²) in [4.78, 5) is 25.4. The van der Waals surface area contributed by atoms with Crippen LogP contribution in [0.25, 0.3) is 11.0 Å². The second-order valence-electron chi connectivity index (χ2n) is 9.94. The van der Waals surface area contributed by atoms with Crippen LogP contribution < -0.4 is 10.8 Å². The maximum atomic E-state index is 15.9. The molecule has 5 rings (SSSR count). The first-order chi connectivity index (χ1) is 17.5. The Morgan fingerprint density at radius 2 is 1.97 bits per heavy atom. The molecule has 0 atom stereocenters. The molecule has 0 radical (unpaired) electrons. The van der Waals surface area contributed by atoms with Crippen LogP contribution in [0.5, 0.6) is 0 Å². The lowest BCUT2D eigenvalue weighted by molar-refractivity contribution is 0.0271. The Bertz CT molecular complexity index is 1240. The number of carbonyl (C=O) groups excluding carboxylic acids is 1. The van der Waals surface area contributed by atoms with Crippen LogP contribution in [0.3, 0.4) is 0 Å². The van der Waals surface area contributed by atoms with Gasteiger partial charge >= 0.3 is 0 Å². The lowest BCUT2D eigenvalue weighted by atomic mass is 10.1. The van der Waals surface area contributed by atoms with E-state index in [0.29, 0.717) is 35.3 Å². The largest absolute Gasteiger partial charge is 0.352 e. The first-order valence-electron chi connectivity index (χ1n) is 12.8. The Labute approximate surface area is 215 Å². The lowest BCUT2D eigenvalue weighted by Crippen LogP contribution is -2.26. The van der Waals surface area contributed by atoms with Crippen LogP contribution in [0.1, 0.15) is 54.4 Å². The summed E-state index contributed by atoms with van der Waals surface area (Å²) in [5.74, 6) is -0.571. The second kappa shape index (κ2) is 11.2. The molecule has 7 nitrogen and oxygen atoms in total. The van der Waals surface area contributed by atoms with E-state index in [2.05, 4.69) is 20.7 Å². The Kier molecular flexibility index (Phi) is 7.74. The molecule has 1 aliphatic carbocycles. The highest BCUT2D eigenvalue weighted by atomic mass is 35.5. The summed E-state index contributed by atoms with van der Waals surface area (Å²) in [6.45, 7) is 6.50. The zero-order valence-electron chi connectivity index (χ0n) is 20.7. The number of carbonyl (C=O) groups is 1. The van der Waals surface area contributed by atoms with Crippen molar-refractivity contribution in [1.29, 1.82) is 0 Å². The molecule has 0 bridgehead atoms. The predicted molar refractivity (Wildman–Crippen MR) is 140 cm³/mol. The third-order valence-electron chi connectivity index (χ3n) is 7.05. The molecule has 9 heteroatoms. The number of nitrogens with one attached hydrogen (secondary N) is 2. The number of anilines is 2. The van der Waals surface area contributed by atoms with Crippen molar-refractivity contribution < 1.29 is 14.0 Å². The van der Waals surface area contributed by atoms with Crippen LogP contribution in [0.4, 0.5) is 15.8 Å². The number of halogens is 2. The summed E-state index contributed by atoms with van der Waals surface area (Å²) in [6, 6.07) is 6.99. The van der Waals surface area contributed by atoms with E-state index < -0.39 is 11.7 Å². The van der Waals surface area contributed by atoms with E-state index in [1.165, 1.54) is 25.9 Å². The Hall–Kier alpha value is -2.68. The SMILES string of the molecule is Cc1cc(Cl)ccc1Nc1c(C(=O)NOCC2CC2)cc2c(ncn2CCCCN2CCCC2)c1F. The van der Waals surface area contributed by atoms with E-state index >= 15 is 4.39 Å². The molecule has 2 aliphatic rings. The molecule has 3 aromatic rings. The van der Waals surface area contributed by atoms with Gasteiger partial charge < -0.3 is 14.8 Å². The van der Waals surface area contributed by atoms with Crippen LogP contribution in [-0.4, -0.2) is 46.6 Å². The molecule has 1 saturated carbocycles. The fourth-order valence-corrected chi connectivity index (χ4v) is 4.95. The van der Waals surface area contributed by atoms with E-state index in [-0.39, 0.29) is 16.8 Å². The Morgan fingerprint density at radius 3 is 2.72 bits per heavy atom. The number of rotatable bonds is 11. The van der Waals surface area contributed by atoms with Crippen molar-refractivity contribution in [3.05, 3.63) is 52.6 Å². The van der Waals surface area contributed by atoms with Gasteiger partial charge in [0.15, 0.2) is 5.82 Å².